The molecule has 2 aliphatic rings. The van der Waals surface area contributed by atoms with E-state index >= 15 is 0 Å². The van der Waals surface area contributed by atoms with Gasteiger partial charge in [0, 0.05) is 24.6 Å². The van der Waals surface area contributed by atoms with E-state index in [2.05, 4.69) is 54.4 Å². The van der Waals surface area contributed by atoms with Crippen molar-refractivity contribution in [2.45, 2.75) is 12.8 Å². The minimum absolute atomic E-state index is 0.313. The van der Waals surface area contributed by atoms with Crippen molar-refractivity contribution >= 4 is 5.57 Å². The average Bonchev–Trinajstić information content (AvgIpc) is 2.47. The Hall–Kier alpha value is -1.85. The van der Waals surface area contributed by atoms with Gasteiger partial charge in [0.15, 0.2) is 0 Å². The maximum Gasteiger partial charge on any atom is 0.0950 e. The zero-order chi connectivity index (χ0) is 13.2. The fourth-order valence-electron chi connectivity index (χ4n) is 3.20. The molecule has 2 heteroatoms. The molecule has 0 amide bonds. The molecule has 1 aliphatic carbocycles. The summed E-state index contributed by atoms with van der Waals surface area (Å²) in [6.45, 7) is 2.08. The molecule has 2 nitrogen and oxygen atoms in total. The molecule has 19 heavy (non-hydrogen) atoms. The molecular weight excluding hydrogens is 232 g/mol. The molecule has 3 rings (SSSR count). The third kappa shape index (κ3) is 2.22. The van der Waals surface area contributed by atoms with Crippen LogP contribution < -0.4 is 0 Å². The van der Waals surface area contributed by atoms with Crippen LogP contribution in [0.15, 0.2) is 47.6 Å². The van der Waals surface area contributed by atoms with Crippen molar-refractivity contribution in [1.29, 1.82) is 5.26 Å². The lowest BCUT2D eigenvalue weighted by atomic mass is 9.76. The largest absolute Gasteiger partial charge is 0.305 e. The number of rotatable bonds is 1. The number of hydrogen-bond donors (Lipinski definition) is 0. The van der Waals surface area contributed by atoms with E-state index in [-0.39, 0.29) is 0 Å². The molecular formula is C17H18N2. The first kappa shape index (κ1) is 12.2. The zero-order valence-electron chi connectivity index (χ0n) is 11.3. The standard InChI is InChI=1S/C17H18N2/c1-19-10-9-16-15(13-5-3-2-4-6-13)8-7-14(11-18)17(16)12-19/h2-7,17H,8-10,12H2,1H3/t17-/m1/s1. The Bertz CT molecular complexity index is 575. The van der Waals surface area contributed by atoms with Gasteiger partial charge in [-0.3, -0.25) is 0 Å². The second-order valence-corrected chi connectivity index (χ2v) is 5.41. The minimum Gasteiger partial charge on any atom is -0.305 e. The summed E-state index contributed by atoms with van der Waals surface area (Å²) in [5, 5.41) is 9.31. The summed E-state index contributed by atoms with van der Waals surface area (Å²) < 4.78 is 0. The maximum absolute atomic E-state index is 9.31. The van der Waals surface area contributed by atoms with E-state index in [4.69, 9.17) is 0 Å². The van der Waals surface area contributed by atoms with Crippen LogP contribution in [0.5, 0.6) is 0 Å². The Labute approximate surface area is 114 Å². The molecule has 0 N–H and O–H groups in total. The van der Waals surface area contributed by atoms with Crippen LogP contribution in [0.1, 0.15) is 18.4 Å². The van der Waals surface area contributed by atoms with E-state index in [1.54, 1.807) is 0 Å². The SMILES string of the molecule is CN1CCC2=C(c3ccccc3)CC=C(C#N)[C@H]2C1. The van der Waals surface area contributed by atoms with Crippen molar-refractivity contribution in [3.63, 3.8) is 0 Å². The van der Waals surface area contributed by atoms with E-state index in [1.165, 1.54) is 16.7 Å². The molecule has 1 aromatic rings. The van der Waals surface area contributed by atoms with Crippen LogP contribution in [-0.4, -0.2) is 25.0 Å². The van der Waals surface area contributed by atoms with Crippen LogP contribution in [0, 0.1) is 17.2 Å². The highest BCUT2D eigenvalue weighted by Crippen LogP contribution is 2.39. The second kappa shape index (κ2) is 5.03. The highest BCUT2D eigenvalue weighted by molar-refractivity contribution is 5.73. The lowest BCUT2D eigenvalue weighted by molar-refractivity contribution is 0.276. The maximum atomic E-state index is 9.31. The number of hydrogen-bond acceptors (Lipinski definition) is 2. The van der Waals surface area contributed by atoms with Crippen LogP contribution in [0.4, 0.5) is 0 Å². The summed E-state index contributed by atoms with van der Waals surface area (Å²) in [5.74, 6) is 0.313. The minimum atomic E-state index is 0.313. The van der Waals surface area contributed by atoms with Crippen LogP contribution in [0.2, 0.25) is 0 Å². The van der Waals surface area contributed by atoms with Gasteiger partial charge in [-0.1, -0.05) is 42.0 Å². The van der Waals surface area contributed by atoms with E-state index in [0.29, 0.717) is 5.92 Å². The van der Waals surface area contributed by atoms with E-state index in [1.807, 2.05) is 0 Å². The molecule has 0 radical (unpaired) electrons. The number of nitriles is 1. The van der Waals surface area contributed by atoms with Gasteiger partial charge in [-0.2, -0.15) is 5.26 Å². The number of nitrogens with zero attached hydrogens (tertiary/aromatic N) is 2. The molecule has 0 aromatic heterocycles. The fourth-order valence-corrected chi connectivity index (χ4v) is 3.20. The molecule has 1 fully saturated rings. The summed E-state index contributed by atoms with van der Waals surface area (Å²) in [6.07, 6.45) is 4.11. The van der Waals surface area contributed by atoms with E-state index in [0.717, 1.165) is 31.5 Å². The fraction of sp³-hybridized carbons (Fsp3) is 0.353. The predicted octanol–water partition coefficient (Wildman–Crippen LogP) is 3.25. The van der Waals surface area contributed by atoms with Crippen molar-refractivity contribution in [3.05, 3.63) is 53.1 Å². The first-order chi connectivity index (χ1) is 9.29. The number of fused-ring (bicyclic) bond motifs is 1. The summed E-state index contributed by atoms with van der Waals surface area (Å²) >= 11 is 0. The Balaban J connectivity index is 2.03. The van der Waals surface area contributed by atoms with Crippen LogP contribution in [-0.2, 0) is 0 Å². The van der Waals surface area contributed by atoms with E-state index < -0.39 is 0 Å². The van der Waals surface area contributed by atoms with Crippen LogP contribution >= 0.6 is 0 Å². The molecule has 1 saturated heterocycles. The Morgan fingerprint density at radius 2 is 2.05 bits per heavy atom. The van der Waals surface area contributed by atoms with Gasteiger partial charge in [0.2, 0.25) is 0 Å². The van der Waals surface area contributed by atoms with Crippen LogP contribution in [0.3, 0.4) is 0 Å². The summed E-state index contributed by atoms with van der Waals surface area (Å²) in [7, 11) is 2.14. The van der Waals surface area contributed by atoms with Gasteiger partial charge in [-0.25, -0.2) is 0 Å². The van der Waals surface area contributed by atoms with Crippen molar-refractivity contribution in [1.82, 2.24) is 4.90 Å². The van der Waals surface area contributed by atoms with Gasteiger partial charge in [0.1, 0.15) is 0 Å². The van der Waals surface area contributed by atoms with Gasteiger partial charge in [-0.15, -0.1) is 0 Å². The van der Waals surface area contributed by atoms with Crippen molar-refractivity contribution in [2.24, 2.45) is 5.92 Å². The first-order valence-corrected chi connectivity index (χ1v) is 6.85. The van der Waals surface area contributed by atoms with Gasteiger partial charge in [-0.05, 0) is 31.0 Å². The zero-order valence-corrected chi connectivity index (χ0v) is 11.3. The van der Waals surface area contributed by atoms with Gasteiger partial charge in [0.05, 0.1) is 6.07 Å². The molecule has 0 spiro atoms. The smallest absolute Gasteiger partial charge is 0.0950 e. The molecule has 96 valence electrons. The van der Waals surface area contributed by atoms with Crippen molar-refractivity contribution in [2.75, 3.05) is 20.1 Å². The molecule has 1 aromatic carbocycles. The predicted molar refractivity (Wildman–Crippen MR) is 77.3 cm³/mol. The van der Waals surface area contributed by atoms with Crippen molar-refractivity contribution < 1.29 is 0 Å². The third-order valence-corrected chi connectivity index (χ3v) is 4.22. The lowest BCUT2D eigenvalue weighted by Crippen LogP contribution is -2.35. The quantitative estimate of drug-likeness (QED) is 0.765. The van der Waals surface area contributed by atoms with Crippen molar-refractivity contribution in [3.8, 4) is 6.07 Å². The van der Waals surface area contributed by atoms with Gasteiger partial charge >= 0.3 is 0 Å². The van der Waals surface area contributed by atoms with Crippen LogP contribution in [0.25, 0.3) is 5.57 Å². The Morgan fingerprint density at radius 1 is 1.26 bits per heavy atom. The topological polar surface area (TPSA) is 27.0 Å². The average molecular weight is 250 g/mol. The molecule has 1 heterocycles. The molecule has 0 bridgehead atoms. The monoisotopic (exact) mass is 250 g/mol. The molecule has 0 saturated carbocycles. The van der Waals surface area contributed by atoms with E-state index in [9.17, 15) is 5.26 Å². The number of allylic oxidation sites excluding steroid dienone is 2. The normalized spacial score (nSPS) is 23.6. The molecule has 1 aliphatic heterocycles. The molecule has 0 unspecified atom stereocenters. The second-order valence-electron chi connectivity index (χ2n) is 5.41. The van der Waals surface area contributed by atoms with Gasteiger partial charge < -0.3 is 4.90 Å². The summed E-state index contributed by atoms with van der Waals surface area (Å²) in [6, 6.07) is 13.0. The lowest BCUT2D eigenvalue weighted by Gasteiger charge is -2.36. The van der Waals surface area contributed by atoms with Gasteiger partial charge in [0.25, 0.3) is 0 Å². The highest BCUT2D eigenvalue weighted by Gasteiger charge is 2.30. The Morgan fingerprint density at radius 3 is 2.79 bits per heavy atom. The number of benzene rings is 1. The Kier molecular flexibility index (Phi) is 3.23. The molecule has 1 atom stereocenters. The first-order valence-electron chi connectivity index (χ1n) is 6.85. The third-order valence-electron chi connectivity index (χ3n) is 4.22. The summed E-state index contributed by atoms with van der Waals surface area (Å²) in [5.41, 5.74) is 5.21. The number of likely N-dealkylation sites (tertiary alicyclic amines) is 1. The number of piperidine rings is 1. The highest BCUT2D eigenvalue weighted by atomic mass is 15.1. The summed E-state index contributed by atoms with van der Waals surface area (Å²) in [4.78, 5) is 2.33.